The van der Waals surface area contributed by atoms with Gasteiger partial charge in [-0.05, 0) is 37.1 Å². The van der Waals surface area contributed by atoms with E-state index in [1.54, 1.807) is 32.0 Å². The van der Waals surface area contributed by atoms with Gasteiger partial charge in [0.25, 0.3) is 11.6 Å². The van der Waals surface area contributed by atoms with Gasteiger partial charge in [-0.1, -0.05) is 19.1 Å². The van der Waals surface area contributed by atoms with E-state index in [0.29, 0.717) is 17.7 Å². The second-order valence-electron chi connectivity index (χ2n) is 5.71. The van der Waals surface area contributed by atoms with Gasteiger partial charge in [-0.3, -0.25) is 19.6 Å². The highest BCUT2D eigenvalue weighted by atomic mass is 32.2. The van der Waals surface area contributed by atoms with Crippen molar-refractivity contribution >= 4 is 33.0 Å². The van der Waals surface area contributed by atoms with Crippen LogP contribution >= 0.6 is 0 Å². The third kappa shape index (κ3) is 5.03. The summed E-state index contributed by atoms with van der Waals surface area (Å²) in [6, 6.07) is 10.2. The molecule has 2 aromatic carbocycles. The first-order chi connectivity index (χ1) is 12.2. The smallest absolute Gasteiger partial charge is 0.271 e. The van der Waals surface area contributed by atoms with Gasteiger partial charge in [0.2, 0.25) is 10.0 Å². The number of aryl methyl sites for hydroxylation is 1. The molecular formula is C17H19N3O5S. The van der Waals surface area contributed by atoms with Gasteiger partial charge >= 0.3 is 0 Å². The van der Waals surface area contributed by atoms with E-state index in [2.05, 4.69) is 10.0 Å². The first kappa shape index (κ1) is 19.4. The van der Waals surface area contributed by atoms with Crippen molar-refractivity contribution in [2.75, 3.05) is 15.8 Å². The topological polar surface area (TPSA) is 118 Å². The van der Waals surface area contributed by atoms with Crippen molar-refractivity contribution in [1.82, 2.24) is 0 Å². The minimum atomic E-state index is -3.46. The van der Waals surface area contributed by atoms with Crippen molar-refractivity contribution in [2.45, 2.75) is 20.3 Å². The second-order valence-corrected chi connectivity index (χ2v) is 7.55. The summed E-state index contributed by atoms with van der Waals surface area (Å²) in [4.78, 5) is 22.8. The Labute approximate surface area is 151 Å². The third-order valence-electron chi connectivity index (χ3n) is 3.55. The van der Waals surface area contributed by atoms with E-state index < -0.39 is 20.9 Å². The number of amides is 1. The van der Waals surface area contributed by atoms with Crippen LogP contribution < -0.4 is 10.0 Å². The number of rotatable bonds is 7. The highest BCUT2D eigenvalue weighted by Crippen LogP contribution is 2.23. The average Bonchev–Trinajstić information content (AvgIpc) is 2.56. The Morgan fingerprint density at radius 3 is 2.58 bits per heavy atom. The minimum Gasteiger partial charge on any atom is -0.321 e. The third-order valence-corrected chi connectivity index (χ3v) is 5.04. The van der Waals surface area contributed by atoms with Crippen LogP contribution in [0.2, 0.25) is 0 Å². The van der Waals surface area contributed by atoms with Crippen molar-refractivity contribution in [3.63, 3.8) is 0 Å². The number of nitro groups is 1. The number of sulfonamides is 1. The highest BCUT2D eigenvalue weighted by Gasteiger charge is 2.14. The lowest BCUT2D eigenvalue weighted by Gasteiger charge is -2.10. The zero-order chi connectivity index (χ0) is 19.3. The molecule has 0 heterocycles. The number of hydrogen-bond donors (Lipinski definition) is 2. The summed E-state index contributed by atoms with van der Waals surface area (Å²) in [5, 5.41) is 13.5. The Morgan fingerprint density at radius 1 is 1.19 bits per heavy atom. The van der Waals surface area contributed by atoms with E-state index in [1.807, 2.05) is 0 Å². The standard InChI is InChI=1S/C17H19N3O5S/c1-3-9-26(24,25)19-14-6-4-5-13(10-14)17(21)18-16-11-15(20(22)23)8-7-12(16)2/h4-8,10-11,19H,3,9H2,1-2H3,(H,18,21). The van der Waals surface area contributed by atoms with Gasteiger partial charge in [-0.15, -0.1) is 0 Å². The molecule has 0 unspecified atom stereocenters. The van der Waals surface area contributed by atoms with E-state index >= 15 is 0 Å². The zero-order valence-corrected chi connectivity index (χ0v) is 15.2. The van der Waals surface area contributed by atoms with E-state index in [0.717, 1.165) is 0 Å². The maximum absolute atomic E-state index is 12.4. The van der Waals surface area contributed by atoms with Crippen molar-refractivity contribution < 1.29 is 18.1 Å². The van der Waals surface area contributed by atoms with Gasteiger partial charge in [-0.2, -0.15) is 0 Å². The molecule has 2 rings (SSSR count). The molecule has 26 heavy (non-hydrogen) atoms. The summed E-state index contributed by atoms with van der Waals surface area (Å²) in [5.74, 6) is -0.513. The van der Waals surface area contributed by atoms with Crippen LogP contribution in [0.25, 0.3) is 0 Å². The van der Waals surface area contributed by atoms with Crippen molar-refractivity contribution in [3.05, 3.63) is 63.7 Å². The van der Waals surface area contributed by atoms with E-state index in [4.69, 9.17) is 0 Å². The molecule has 2 aromatic rings. The molecule has 0 bridgehead atoms. The van der Waals surface area contributed by atoms with Gasteiger partial charge in [0.15, 0.2) is 0 Å². The molecule has 0 aliphatic rings. The Kier molecular flexibility index (Phi) is 5.93. The van der Waals surface area contributed by atoms with Crippen LogP contribution in [0, 0.1) is 17.0 Å². The monoisotopic (exact) mass is 377 g/mol. The Hall–Kier alpha value is -2.94. The molecule has 0 radical (unpaired) electrons. The molecule has 0 saturated carbocycles. The molecule has 0 aromatic heterocycles. The van der Waals surface area contributed by atoms with Gasteiger partial charge in [0.1, 0.15) is 0 Å². The summed E-state index contributed by atoms with van der Waals surface area (Å²) >= 11 is 0. The zero-order valence-electron chi connectivity index (χ0n) is 14.4. The Bertz CT molecular complexity index is 941. The van der Waals surface area contributed by atoms with Gasteiger partial charge in [0, 0.05) is 23.4 Å². The number of nitro benzene ring substituents is 1. The van der Waals surface area contributed by atoms with E-state index in [1.165, 1.54) is 24.3 Å². The molecule has 138 valence electrons. The van der Waals surface area contributed by atoms with Crippen LogP contribution in [0.4, 0.5) is 17.1 Å². The maximum Gasteiger partial charge on any atom is 0.271 e. The van der Waals surface area contributed by atoms with Crippen molar-refractivity contribution in [2.24, 2.45) is 0 Å². The number of benzene rings is 2. The lowest BCUT2D eigenvalue weighted by Crippen LogP contribution is -2.17. The fourth-order valence-corrected chi connectivity index (χ4v) is 3.40. The Morgan fingerprint density at radius 2 is 1.92 bits per heavy atom. The SMILES string of the molecule is CCCS(=O)(=O)Nc1cccc(C(=O)Nc2cc([N+](=O)[O-])ccc2C)c1. The molecular weight excluding hydrogens is 358 g/mol. The predicted molar refractivity (Wildman–Crippen MR) is 99.9 cm³/mol. The van der Waals surface area contributed by atoms with Crippen LogP contribution in [0.3, 0.4) is 0 Å². The summed E-state index contributed by atoms with van der Waals surface area (Å²) in [6.45, 7) is 3.47. The second kappa shape index (κ2) is 7.96. The number of nitrogens with one attached hydrogen (secondary N) is 2. The fraction of sp³-hybridized carbons (Fsp3) is 0.235. The molecule has 0 aliphatic carbocycles. The first-order valence-corrected chi connectivity index (χ1v) is 9.54. The van der Waals surface area contributed by atoms with Gasteiger partial charge < -0.3 is 5.32 Å². The molecule has 2 N–H and O–H groups in total. The van der Waals surface area contributed by atoms with Gasteiger partial charge in [0.05, 0.1) is 16.4 Å². The van der Waals surface area contributed by atoms with Crippen LogP contribution in [-0.4, -0.2) is 25.0 Å². The lowest BCUT2D eigenvalue weighted by molar-refractivity contribution is -0.384. The molecule has 1 amide bonds. The number of anilines is 2. The van der Waals surface area contributed by atoms with Crippen LogP contribution in [0.1, 0.15) is 29.3 Å². The van der Waals surface area contributed by atoms with E-state index in [-0.39, 0.29) is 22.7 Å². The fourth-order valence-electron chi connectivity index (χ4n) is 2.28. The van der Waals surface area contributed by atoms with E-state index in [9.17, 15) is 23.3 Å². The number of hydrogen-bond acceptors (Lipinski definition) is 5. The normalized spacial score (nSPS) is 11.0. The summed E-state index contributed by atoms with van der Waals surface area (Å²) in [7, 11) is -3.46. The van der Waals surface area contributed by atoms with Crippen LogP contribution in [0.15, 0.2) is 42.5 Å². The number of non-ortho nitro benzene ring substituents is 1. The van der Waals surface area contributed by atoms with Crippen molar-refractivity contribution in [1.29, 1.82) is 0 Å². The Balaban J connectivity index is 2.22. The summed E-state index contributed by atoms with van der Waals surface area (Å²) < 4.78 is 26.1. The predicted octanol–water partition coefficient (Wildman–Crippen LogP) is 3.31. The quantitative estimate of drug-likeness (QED) is 0.567. The van der Waals surface area contributed by atoms with Crippen LogP contribution in [0.5, 0.6) is 0 Å². The number of carbonyl (C=O) groups is 1. The molecule has 9 heteroatoms. The maximum atomic E-state index is 12.4. The molecule has 8 nitrogen and oxygen atoms in total. The van der Waals surface area contributed by atoms with Gasteiger partial charge in [-0.25, -0.2) is 8.42 Å². The summed E-state index contributed by atoms with van der Waals surface area (Å²) in [6.07, 6.45) is 0.474. The van der Waals surface area contributed by atoms with Crippen LogP contribution in [-0.2, 0) is 10.0 Å². The highest BCUT2D eigenvalue weighted by molar-refractivity contribution is 7.92. The number of nitrogens with zero attached hydrogens (tertiary/aromatic N) is 1. The molecule has 0 aliphatic heterocycles. The minimum absolute atomic E-state index is 0.0176. The largest absolute Gasteiger partial charge is 0.321 e. The van der Waals surface area contributed by atoms with Crippen molar-refractivity contribution in [3.8, 4) is 0 Å². The molecule has 0 saturated heterocycles. The number of carbonyl (C=O) groups excluding carboxylic acids is 1. The average molecular weight is 377 g/mol. The first-order valence-electron chi connectivity index (χ1n) is 7.89. The molecule has 0 atom stereocenters. The molecule has 0 spiro atoms. The lowest BCUT2D eigenvalue weighted by atomic mass is 10.1. The molecule has 0 fully saturated rings. The summed E-state index contributed by atoms with van der Waals surface area (Å²) in [5.41, 5.74) is 1.37.